The number of ether oxygens (including phenoxy) is 2. The fourth-order valence-electron chi connectivity index (χ4n) is 2.83. The Morgan fingerprint density at radius 1 is 1.30 bits per heavy atom. The third kappa shape index (κ3) is 3.04. The van der Waals surface area contributed by atoms with Crippen LogP contribution in [0.15, 0.2) is 12.1 Å². The topological polar surface area (TPSA) is 30.5 Å². The summed E-state index contributed by atoms with van der Waals surface area (Å²) < 4.78 is 11.6. The summed E-state index contributed by atoms with van der Waals surface area (Å²) in [6, 6.07) is 3.83. The van der Waals surface area contributed by atoms with Crippen molar-refractivity contribution in [2.75, 3.05) is 26.8 Å². The summed E-state index contributed by atoms with van der Waals surface area (Å²) in [5.41, 5.74) is 1.12. The highest BCUT2D eigenvalue weighted by atomic mass is 35.5. The Balaban J connectivity index is 1.90. The molecule has 4 heteroatoms. The molecule has 1 N–H and O–H groups in total. The van der Waals surface area contributed by atoms with Crippen molar-refractivity contribution in [2.24, 2.45) is 5.92 Å². The zero-order valence-corrected chi connectivity index (χ0v) is 12.7. The highest BCUT2D eigenvalue weighted by Gasteiger charge is 2.27. The number of hydrogen-bond donors (Lipinski definition) is 1. The summed E-state index contributed by atoms with van der Waals surface area (Å²) in [6.45, 7) is 2.84. The molecule has 20 heavy (non-hydrogen) atoms. The third-order valence-corrected chi connectivity index (χ3v) is 4.52. The second-order valence-electron chi connectivity index (χ2n) is 5.79. The summed E-state index contributed by atoms with van der Waals surface area (Å²) in [7, 11) is 1.69. The van der Waals surface area contributed by atoms with Crippen molar-refractivity contribution in [2.45, 2.75) is 31.6 Å². The van der Waals surface area contributed by atoms with Crippen molar-refractivity contribution < 1.29 is 9.47 Å². The van der Waals surface area contributed by atoms with Crippen LogP contribution in [0.1, 0.15) is 37.2 Å². The minimum atomic E-state index is 0.417. The fraction of sp³-hybridized carbons (Fsp3) is 0.625. The molecule has 1 heterocycles. The summed E-state index contributed by atoms with van der Waals surface area (Å²) in [5, 5.41) is 4.24. The Morgan fingerprint density at radius 2 is 2.15 bits per heavy atom. The first-order valence-electron chi connectivity index (χ1n) is 7.49. The van der Waals surface area contributed by atoms with Gasteiger partial charge in [-0.05, 0) is 50.3 Å². The lowest BCUT2D eigenvalue weighted by Gasteiger charge is -2.27. The second kappa shape index (κ2) is 6.23. The van der Waals surface area contributed by atoms with Crippen LogP contribution in [-0.2, 0) is 0 Å². The molecule has 0 spiro atoms. The van der Waals surface area contributed by atoms with Crippen LogP contribution in [0, 0.1) is 5.92 Å². The predicted octanol–water partition coefficient (Wildman–Crippen LogP) is 3.60. The minimum absolute atomic E-state index is 0.417. The van der Waals surface area contributed by atoms with Crippen molar-refractivity contribution in [3.8, 4) is 11.5 Å². The molecule has 0 bridgehead atoms. The number of piperidine rings is 1. The largest absolute Gasteiger partial charge is 0.493 e. The maximum Gasteiger partial charge on any atom is 0.166 e. The van der Waals surface area contributed by atoms with Gasteiger partial charge < -0.3 is 14.8 Å². The van der Waals surface area contributed by atoms with Gasteiger partial charge in [0.25, 0.3) is 0 Å². The Hall–Kier alpha value is -0.930. The highest BCUT2D eigenvalue weighted by molar-refractivity contribution is 6.31. The van der Waals surface area contributed by atoms with Gasteiger partial charge in [-0.15, -0.1) is 0 Å². The molecule has 0 radical (unpaired) electrons. The average Bonchev–Trinajstić information content (AvgIpc) is 3.30. The molecule has 2 fully saturated rings. The second-order valence-corrected chi connectivity index (χ2v) is 6.20. The van der Waals surface area contributed by atoms with E-state index in [1.54, 1.807) is 7.11 Å². The van der Waals surface area contributed by atoms with E-state index in [4.69, 9.17) is 21.1 Å². The van der Waals surface area contributed by atoms with Crippen molar-refractivity contribution in [1.29, 1.82) is 0 Å². The SMILES string of the molecule is COc1ccc(Cl)c(C2CCCNC2)c1OCC1CC1. The van der Waals surface area contributed by atoms with E-state index in [9.17, 15) is 0 Å². The van der Waals surface area contributed by atoms with Gasteiger partial charge in [0.1, 0.15) is 0 Å². The van der Waals surface area contributed by atoms with Crippen molar-refractivity contribution >= 4 is 11.6 Å². The predicted molar refractivity (Wildman–Crippen MR) is 81.1 cm³/mol. The Labute approximate surface area is 125 Å². The lowest BCUT2D eigenvalue weighted by Crippen LogP contribution is -2.29. The molecule has 2 aliphatic rings. The Bertz CT molecular complexity index is 468. The van der Waals surface area contributed by atoms with Crippen LogP contribution in [-0.4, -0.2) is 26.8 Å². The average molecular weight is 296 g/mol. The standard InChI is InChI=1S/C16H22ClNO2/c1-19-14-7-6-13(17)15(12-3-2-8-18-9-12)16(14)20-10-11-4-5-11/h6-7,11-12,18H,2-5,8-10H2,1H3. The molecule has 1 atom stereocenters. The molecule has 1 aliphatic carbocycles. The smallest absolute Gasteiger partial charge is 0.166 e. The quantitative estimate of drug-likeness (QED) is 0.900. The minimum Gasteiger partial charge on any atom is -0.493 e. The molecule has 1 aliphatic heterocycles. The first-order valence-corrected chi connectivity index (χ1v) is 7.87. The molecule has 1 unspecified atom stereocenters. The van der Waals surface area contributed by atoms with Crippen LogP contribution in [0.2, 0.25) is 5.02 Å². The zero-order valence-electron chi connectivity index (χ0n) is 12.0. The lowest BCUT2D eigenvalue weighted by molar-refractivity contribution is 0.274. The first-order chi connectivity index (χ1) is 9.79. The van der Waals surface area contributed by atoms with Gasteiger partial charge in [0.15, 0.2) is 11.5 Å². The maximum atomic E-state index is 6.46. The summed E-state index contributed by atoms with van der Waals surface area (Å²) in [6.07, 6.45) is 4.90. The van der Waals surface area contributed by atoms with E-state index >= 15 is 0 Å². The number of rotatable bonds is 5. The number of methoxy groups -OCH3 is 1. The van der Waals surface area contributed by atoms with Gasteiger partial charge in [-0.25, -0.2) is 0 Å². The number of halogens is 1. The van der Waals surface area contributed by atoms with E-state index in [-0.39, 0.29) is 0 Å². The van der Waals surface area contributed by atoms with Gasteiger partial charge in [-0.1, -0.05) is 11.6 Å². The molecule has 1 aromatic rings. The van der Waals surface area contributed by atoms with Gasteiger partial charge in [0, 0.05) is 23.0 Å². The molecule has 1 saturated heterocycles. The van der Waals surface area contributed by atoms with Gasteiger partial charge in [0.05, 0.1) is 13.7 Å². The summed E-state index contributed by atoms with van der Waals surface area (Å²) in [4.78, 5) is 0. The molecule has 1 saturated carbocycles. The molecule has 0 aromatic heterocycles. The molecule has 0 amide bonds. The monoisotopic (exact) mass is 295 g/mol. The van der Waals surface area contributed by atoms with E-state index in [0.29, 0.717) is 5.92 Å². The molecule has 1 aromatic carbocycles. The summed E-state index contributed by atoms with van der Waals surface area (Å²) in [5.74, 6) is 2.80. The first kappa shape index (κ1) is 14.0. The Morgan fingerprint density at radius 3 is 2.80 bits per heavy atom. The third-order valence-electron chi connectivity index (χ3n) is 4.19. The van der Waals surface area contributed by atoms with Gasteiger partial charge in [-0.3, -0.25) is 0 Å². The van der Waals surface area contributed by atoms with Crippen LogP contribution in [0.4, 0.5) is 0 Å². The van der Waals surface area contributed by atoms with Gasteiger partial charge in [-0.2, -0.15) is 0 Å². The highest BCUT2D eigenvalue weighted by Crippen LogP contribution is 2.43. The van der Waals surface area contributed by atoms with E-state index in [1.807, 2.05) is 12.1 Å². The van der Waals surface area contributed by atoms with Gasteiger partial charge in [0.2, 0.25) is 0 Å². The van der Waals surface area contributed by atoms with E-state index < -0.39 is 0 Å². The lowest BCUT2D eigenvalue weighted by atomic mass is 9.90. The van der Waals surface area contributed by atoms with Crippen molar-refractivity contribution in [3.05, 3.63) is 22.7 Å². The molecule has 110 valence electrons. The van der Waals surface area contributed by atoms with Crippen molar-refractivity contribution in [1.82, 2.24) is 5.32 Å². The van der Waals surface area contributed by atoms with Crippen LogP contribution in [0.25, 0.3) is 0 Å². The maximum absolute atomic E-state index is 6.46. The van der Waals surface area contributed by atoms with Crippen LogP contribution < -0.4 is 14.8 Å². The molecule has 3 rings (SSSR count). The van der Waals surface area contributed by atoms with Crippen LogP contribution in [0.3, 0.4) is 0 Å². The van der Waals surface area contributed by atoms with E-state index in [0.717, 1.165) is 54.1 Å². The molecular formula is C16H22ClNO2. The van der Waals surface area contributed by atoms with E-state index in [1.165, 1.54) is 19.3 Å². The Kier molecular flexibility index (Phi) is 4.37. The number of benzene rings is 1. The van der Waals surface area contributed by atoms with Crippen molar-refractivity contribution in [3.63, 3.8) is 0 Å². The fourth-order valence-corrected chi connectivity index (χ4v) is 3.13. The van der Waals surface area contributed by atoms with Gasteiger partial charge >= 0.3 is 0 Å². The normalized spacial score (nSPS) is 22.6. The van der Waals surface area contributed by atoms with E-state index in [2.05, 4.69) is 5.32 Å². The summed E-state index contributed by atoms with van der Waals surface area (Å²) >= 11 is 6.46. The number of nitrogens with one attached hydrogen (secondary N) is 1. The molecule has 3 nitrogen and oxygen atoms in total. The molecular weight excluding hydrogens is 274 g/mol. The van der Waals surface area contributed by atoms with Crippen LogP contribution >= 0.6 is 11.6 Å². The zero-order chi connectivity index (χ0) is 13.9. The number of hydrogen-bond acceptors (Lipinski definition) is 3. The van der Waals surface area contributed by atoms with Crippen LogP contribution in [0.5, 0.6) is 11.5 Å².